The van der Waals surface area contributed by atoms with Crippen molar-refractivity contribution in [2.75, 3.05) is 47.4 Å². The molecule has 0 bridgehead atoms. The lowest BCUT2D eigenvalue weighted by Gasteiger charge is -2.23. The van der Waals surface area contributed by atoms with Crippen molar-refractivity contribution < 1.29 is 14.3 Å². The van der Waals surface area contributed by atoms with Gasteiger partial charge < -0.3 is 24.3 Å². The van der Waals surface area contributed by atoms with Crippen LogP contribution in [0, 0.1) is 11.3 Å². The molecule has 0 saturated carbocycles. The number of carbonyl (C=O) groups excluding carboxylic acids is 1. The van der Waals surface area contributed by atoms with Gasteiger partial charge in [-0.25, -0.2) is 0 Å². The number of amides is 1. The van der Waals surface area contributed by atoms with Gasteiger partial charge in [0.25, 0.3) is 5.91 Å². The van der Waals surface area contributed by atoms with E-state index in [2.05, 4.69) is 23.9 Å². The molecule has 0 aliphatic carbocycles. The van der Waals surface area contributed by atoms with E-state index >= 15 is 0 Å². The topological polar surface area (TPSA) is 57.8 Å². The molecule has 0 unspecified atom stereocenters. The molecule has 134 valence electrons. The van der Waals surface area contributed by atoms with Crippen LogP contribution in [0.1, 0.15) is 17.4 Å². The predicted molar refractivity (Wildman–Crippen MR) is 96.4 cm³/mol. The van der Waals surface area contributed by atoms with Crippen molar-refractivity contribution in [3.8, 4) is 11.5 Å². The fraction of sp³-hybridized carbons (Fsp3) is 0.526. The molecule has 0 radical (unpaired) electrons. The molecule has 1 aromatic carbocycles. The fourth-order valence-electron chi connectivity index (χ4n) is 4.54. The Bertz CT molecular complexity index is 831. The number of methoxy groups -OCH3 is 2. The van der Waals surface area contributed by atoms with Gasteiger partial charge >= 0.3 is 0 Å². The van der Waals surface area contributed by atoms with Crippen LogP contribution in [0.15, 0.2) is 18.2 Å². The molecule has 2 aromatic rings. The zero-order chi connectivity index (χ0) is 17.8. The number of rotatable bonds is 3. The van der Waals surface area contributed by atoms with Crippen LogP contribution in [-0.2, 0) is 0 Å². The van der Waals surface area contributed by atoms with E-state index in [0.717, 1.165) is 37.1 Å². The molecule has 2 aliphatic rings. The van der Waals surface area contributed by atoms with Crippen molar-refractivity contribution in [1.29, 1.82) is 0 Å². The minimum atomic E-state index is 0.0653. The van der Waals surface area contributed by atoms with Crippen LogP contribution >= 0.6 is 0 Å². The summed E-state index contributed by atoms with van der Waals surface area (Å²) >= 11 is 0. The predicted octanol–water partition coefficient (Wildman–Crippen LogP) is 2.21. The van der Waals surface area contributed by atoms with Crippen LogP contribution in [0.25, 0.3) is 10.9 Å². The number of hydrogen-bond acceptors (Lipinski definition) is 4. The number of nitrogens with zero attached hydrogens (tertiary/aromatic N) is 2. The highest BCUT2D eigenvalue weighted by Gasteiger charge is 2.49. The summed E-state index contributed by atoms with van der Waals surface area (Å²) in [6, 6.07) is 5.61. The summed E-state index contributed by atoms with van der Waals surface area (Å²) in [4.78, 5) is 20.6. The number of aromatic amines is 1. The summed E-state index contributed by atoms with van der Waals surface area (Å²) in [5.41, 5.74) is 1.67. The first-order valence-electron chi connectivity index (χ1n) is 8.66. The highest BCUT2D eigenvalue weighted by Crippen LogP contribution is 2.42. The number of H-pyrrole nitrogens is 1. The molecule has 4 rings (SSSR count). The largest absolute Gasteiger partial charge is 0.497 e. The van der Waals surface area contributed by atoms with Crippen LogP contribution in [0.4, 0.5) is 0 Å². The van der Waals surface area contributed by atoms with Gasteiger partial charge in [0.15, 0.2) is 0 Å². The van der Waals surface area contributed by atoms with E-state index in [1.54, 1.807) is 14.2 Å². The molecule has 2 atom stereocenters. The van der Waals surface area contributed by atoms with Crippen molar-refractivity contribution in [2.24, 2.45) is 11.3 Å². The first-order valence-corrected chi connectivity index (χ1v) is 8.66. The van der Waals surface area contributed by atoms with Gasteiger partial charge in [-0.3, -0.25) is 4.79 Å². The Morgan fingerprint density at radius 2 is 2.00 bits per heavy atom. The molecule has 2 saturated heterocycles. The van der Waals surface area contributed by atoms with Crippen molar-refractivity contribution >= 4 is 16.8 Å². The van der Waals surface area contributed by atoms with Gasteiger partial charge in [-0.2, -0.15) is 0 Å². The summed E-state index contributed by atoms with van der Waals surface area (Å²) in [5, 5.41) is 0.900. The van der Waals surface area contributed by atoms with E-state index in [1.165, 1.54) is 0 Å². The SMILES string of the molecule is COc1cc(OC)c2cc(C(=O)N3C[C@@H]4CN(C)C[C@]4(C)C3)[nH]c2c1. The maximum Gasteiger partial charge on any atom is 0.270 e. The van der Waals surface area contributed by atoms with Crippen molar-refractivity contribution in [3.63, 3.8) is 0 Å². The van der Waals surface area contributed by atoms with Crippen LogP contribution in [0.2, 0.25) is 0 Å². The van der Waals surface area contributed by atoms with Gasteiger partial charge in [-0.05, 0) is 19.0 Å². The lowest BCUT2D eigenvalue weighted by molar-refractivity contribution is 0.0760. The van der Waals surface area contributed by atoms with Crippen LogP contribution in [0.3, 0.4) is 0 Å². The molecule has 3 heterocycles. The van der Waals surface area contributed by atoms with E-state index in [-0.39, 0.29) is 11.3 Å². The molecule has 2 aliphatic heterocycles. The minimum absolute atomic E-state index is 0.0653. The maximum atomic E-state index is 13.0. The van der Waals surface area contributed by atoms with E-state index < -0.39 is 0 Å². The fourth-order valence-corrected chi connectivity index (χ4v) is 4.54. The summed E-state index contributed by atoms with van der Waals surface area (Å²) in [7, 11) is 5.41. The Morgan fingerprint density at radius 3 is 2.68 bits per heavy atom. The van der Waals surface area contributed by atoms with E-state index in [0.29, 0.717) is 23.1 Å². The molecule has 1 aromatic heterocycles. The average Bonchev–Trinajstić information content (AvgIpc) is 3.21. The molecule has 1 amide bonds. The Balaban J connectivity index is 1.63. The second-order valence-corrected chi connectivity index (χ2v) is 7.71. The normalized spacial score (nSPS) is 26.2. The smallest absolute Gasteiger partial charge is 0.270 e. The van der Waals surface area contributed by atoms with Gasteiger partial charge in [0.05, 0.1) is 19.7 Å². The number of nitrogens with one attached hydrogen (secondary N) is 1. The molecular formula is C19H25N3O3. The highest BCUT2D eigenvalue weighted by molar-refractivity contribution is 6.00. The first-order chi connectivity index (χ1) is 11.9. The molecule has 6 heteroatoms. The first kappa shape index (κ1) is 16.3. The summed E-state index contributed by atoms with van der Waals surface area (Å²) in [6.45, 7) is 6.07. The second kappa shape index (κ2) is 5.66. The number of fused-ring (bicyclic) bond motifs is 2. The molecule has 0 spiro atoms. The average molecular weight is 343 g/mol. The van der Waals surface area contributed by atoms with Crippen molar-refractivity contribution in [3.05, 3.63) is 23.9 Å². The summed E-state index contributed by atoms with van der Waals surface area (Å²) < 4.78 is 10.8. The number of aromatic nitrogens is 1. The Labute approximate surface area is 147 Å². The van der Waals surface area contributed by atoms with Gasteiger partial charge in [0.1, 0.15) is 17.2 Å². The zero-order valence-corrected chi connectivity index (χ0v) is 15.3. The molecule has 2 fully saturated rings. The maximum absolute atomic E-state index is 13.0. The Kier molecular flexibility index (Phi) is 3.68. The second-order valence-electron chi connectivity index (χ2n) is 7.71. The lowest BCUT2D eigenvalue weighted by atomic mass is 9.83. The molecule has 25 heavy (non-hydrogen) atoms. The zero-order valence-electron chi connectivity index (χ0n) is 15.3. The van der Waals surface area contributed by atoms with Crippen LogP contribution in [-0.4, -0.2) is 68.1 Å². The number of carbonyl (C=O) groups is 1. The van der Waals surface area contributed by atoms with Gasteiger partial charge in [-0.15, -0.1) is 0 Å². The Morgan fingerprint density at radius 1 is 1.20 bits per heavy atom. The third-order valence-corrected chi connectivity index (χ3v) is 5.79. The molecule has 1 N–H and O–H groups in total. The van der Waals surface area contributed by atoms with Gasteiger partial charge in [0, 0.05) is 49.1 Å². The number of hydrogen-bond donors (Lipinski definition) is 1. The monoisotopic (exact) mass is 343 g/mol. The summed E-state index contributed by atoms with van der Waals surface area (Å²) in [5.74, 6) is 2.03. The molecular weight excluding hydrogens is 318 g/mol. The number of ether oxygens (including phenoxy) is 2. The third-order valence-electron chi connectivity index (χ3n) is 5.79. The minimum Gasteiger partial charge on any atom is -0.497 e. The van der Waals surface area contributed by atoms with Crippen LogP contribution in [0.5, 0.6) is 11.5 Å². The standard InChI is InChI=1S/C19H25N3O3/c1-19-10-21(2)8-12(19)9-22(11-19)18(23)16-7-14-15(20-16)5-13(24-3)6-17(14)25-4/h5-7,12,20H,8-11H2,1-4H3/t12-,19+/m0/s1. The van der Waals surface area contributed by atoms with Crippen molar-refractivity contribution in [1.82, 2.24) is 14.8 Å². The third kappa shape index (κ3) is 2.56. The van der Waals surface area contributed by atoms with Crippen LogP contribution < -0.4 is 9.47 Å². The number of benzene rings is 1. The summed E-state index contributed by atoms with van der Waals surface area (Å²) in [6.07, 6.45) is 0. The lowest BCUT2D eigenvalue weighted by Crippen LogP contribution is -2.34. The van der Waals surface area contributed by atoms with Crippen molar-refractivity contribution in [2.45, 2.75) is 6.92 Å². The van der Waals surface area contributed by atoms with E-state index in [1.807, 2.05) is 23.1 Å². The van der Waals surface area contributed by atoms with E-state index in [4.69, 9.17) is 9.47 Å². The van der Waals surface area contributed by atoms with Gasteiger partial charge in [-0.1, -0.05) is 6.92 Å². The van der Waals surface area contributed by atoms with E-state index in [9.17, 15) is 4.79 Å². The number of likely N-dealkylation sites (tertiary alicyclic amines) is 2. The molecule has 6 nitrogen and oxygen atoms in total. The highest BCUT2D eigenvalue weighted by atomic mass is 16.5. The Hall–Kier alpha value is -2.21. The quantitative estimate of drug-likeness (QED) is 0.928. The van der Waals surface area contributed by atoms with Gasteiger partial charge in [0.2, 0.25) is 0 Å².